The first-order valence-corrected chi connectivity index (χ1v) is 7.29. The number of nitrogens with one attached hydrogen (secondary N) is 1. The number of aromatic hydroxyl groups is 1. The molecule has 21 heavy (non-hydrogen) atoms. The molecule has 2 aromatic rings. The van der Waals surface area contributed by atoms with Gasteiger partial charge in [0.15, 0.2) is 0 Å². The predicted octanol–water partition coefficient (Wildman–Crippen LogP) is 4.66. The molecular weight excluding hydrogens is 262 g/mol. The third-order valence-corrected chi connectivity index (χ3v) is 3.34. The van der Waals surface area contributed by atoms with Crippen LogP contribution in [-0.2, 0) is 0 Å². The highest BCUT2D eigenvalue weighted by Crippen LogP contribution is 2.29. The minimum atomic E-state index is 0.0294. The molecule has 2 aromatic carbocycles. The largest absolute Gasteiger partial charge is 0.508 e. The number of hydrogen-bond acceptors (Lipinski definition) is 3. The fourth-order valence-electron chi connectivity index (χ4n) is 2.31. The molecule has 0 spiro atoms. The van der Waals surface area contributed by atoms with Crippen LogP contribution in [0.15, 0.2) is 42.5 Å². The van der Waals surface area contributed by atoms with Gasteiger partial charge in [-0.2, -0.15) is 0 Å². The van der Waals surface area contributed by atoms with Gasteiger partial charge in [-0.1, -0.05) is 18.2 Å². The lowest BCUT2D eigenvalue weighted by Gasteiger charge is -2.19. The van der Waals surface area contributed by atoms with Crippen molar-refractivity contribution in [2.45, 2.75) is 39.8 Å². The first-order valence-electron chi connectivity index (χ1n) is 7.29. The zero-order chi connectivity index (χ0) is 15.4. The number of phenolic OH excluding ortho intramolecular Hbond substituents is 1. The van der Waals surface area contributed by atoms with Crippen LogP contribution >= 0.6 is 0 Å². The van der Waals surface area contributed by atoms with Crippen molar-refractivity contribution in [3.05, 3.63) is 53.6 Å². The van der Waals surface area contributed by atoms with E-state index in [9.17, 15) is 5.11 Å². The maximum Gasteiger partial charge on any atom is 0.120 e. The van der Waals surface area contributed by atoms with Gasteiger partial charge in [0.05, 0.1) is 12.1 Å². The molecule has 0 aliphatic rings. The minimum Gasteiger partial charge on any atom is -0.508 e. The molecule has 1 unspecified atom stereocenters. The Morgan fingerprint density at radius 3 is 2.38 bits per heavy atom. The summed E-state index contributed by atoms with van der Waals surface area (Å²) in [6.07, 6.45) is 0.170. The molecule has 112 valence electrons. The molecule has 0 saturated heterocycles. The minimum absolute atomic E-state index is 0.0294. The van der Waals surface area contributed by atoms with Crippen molar-refractivity contribution in [1.29, 1.82) is 0 Å². The van der Waals surface area contributed by atoms with Gasteiger partial charge < -0.3 is 15.2 Å². The molecule has 1 atom stereocenters. The summed E-state index contributed by atoms with van der Waals surface area (Å²) in [5.74, 6) is 1.19. The summed E-state index contributed by atoms with van der Waals surface area (Å²) in [4.78, 5) is 0. The zero-order valence-corrected chi connectivity index (χ0v) is 13.1. The number of anilines is 1. The zero-order valence-electron chi connectivity index (χ0n) is 13.1. The summed E-state index contributed by atoms with van der Waals surface area (Å²) >= 11 is 0. The van der Waals surface area contributed by atoms with E-state index in [0.717, 1.165) is 22.6 Å². The van der Waals surface area contributed by atoms with Gasteiger partial charge in [-0.15, -0.1) is 0 Å². The van der Waals surface area contributed by atoms with E-state index in [1.165, 1.54) is 0 Å². The molecule has 0 fully saturated rings. The van der Waals surface area contributed by atoms with E-state index >= 15 is 0 Å². The first-order chi connectivity index (χ1) is 9.97. The highest BCUT2D eigenvalue weighted by atomic mass is 16.5. The Balaban J connectivity index is 2.14. The molecule has 0 amide bonds. The molecule has 0 aliphatic carbocycles. The number of aryl methyl sites for hydroxylation is 1. The van der Waals surface area contributed by atoms with E-state index in [0.29, 0.717) is 5.75 Å². The van der Waals surface area contributed by atoms with Crippen LogP contribution < -0.4 is 10.1 Å². The number of benzene rings is 2. The molecule has 0 aromatic heterocycles. The van der Waals surface area contributed by atoms with Gasteiger partial charge in [0, 0.05) is 11.3 Å². The number of ether oxygens (including phenoxy) is 1. The second kappa shape index (κ2) is 6.53. The Bertz CT molecular complexity index is 608. The van der Waals surface area contributed by atoms with E-state index in [2.05, 4.69) is 5.32 Å². The summed E-state index contributed by atoms with van der Waals surface area (Å²) in [7, 11) is 0. The molecule has 0 heterocycles. The second-order valence-electron chi connectivity index (χ2n) is 5.57. The lowest BCUT2D eigenvalue weighted by atomic mass is 10.1. The van der Waals surface area contributed by atoms with Gasteiger partial charge in [-0.05, 0) is 57.5 Å². The normalized spacial score (nSPS) is 12.2. The molecule has 0 bridgehead atoms. The highest BCUT2D eigenvalue weighted by molar-refractivity contribution is 5.55. The fourth-order valence-corrected chi connectivity index (χ4v) is 2.31. The van der Waals surface area contributed by atoms with E-state index in [-0.39, 0.29) is 12.1 Å². The lowest BCUT2D eigenvalue weighted by Crippen LogP contribution is -2.09. The van der Waals surface area contributed by atoms with Crippen molar-refractivity contribution >= 4 is 5.69 Å². The third kappa shape index (κ3) is 3.91. The van der Waals surface area contributed by atoms with E-state index < -0.39 is 0 Å². The van der Waals surface area contributed by atoms with Crippen LogP contribution in [0.3, 0.4) is 0 Å². The molecular formula is C18H23NO2. The number of rotatable bonds is 5. The third-order valence-electron chi connectivity index (χ3n) is 3.34. The van der Waals surface area contributed by atoms with Crippen LogP contribution in [0.5, 0.6) is 11.5 Å². The van der Waals surface area contributed by atoms with Crippen LogP contribution in [0.4, 0.5) is 5.69 Å². The Kier molecular flexibility index (Phi) is 4.73. The molecule has 3 heteroatoms. The quantitative estimate of drug-likeness (QED) is 0.839. The average molecular weight is 285 g/mol. The van der Waals surface area contributed by atoms with Crippen LogP contribution in [0.1, 0.15) is 37.9 Å². The number of hydrogen-bond donors (Lipinski definition) is 2. The van der Waals surface area contributed by atoms with Gasteiger partial charge in [0.2, 0.25) is 0 Å². The molecule has 0 radical (unpaired) electrons. The summed E-state index contributed by atoms with van der Waals surface area (Å²) in [6, 6.07) is 13.4. The van der Waals surface area contributed by atoms with Crippen LogP contribution in [0, 0.1) is 6.92 Å². The van der Waals surface area contributed by atoms with E-state index in [1.807, 2.05) is 64.1 Å². The van der Waals surface area contributed by atoms with Crippen molar-refractivity contribution in [3.63, 3.8) is 0 Å². The van der Waals surface area contributed by atoms with Crippen LogP contribution in [0.25, 0.3) is 0 Å². The van der Waals surface area contributed by atoms with Crippen LogP contribution in [0.2, 0.25) is 0 Å². The number of phenols is 1. The van der Waals surface area contributed by atoms with Crippen molar-refractivity contribution in [3.8, 4) is 11.5 Å². The Hall–Kier alpha value is -2.16. The number of para-hydroxylation sites is 1. The Morgan fingerprint density at radius 1 is 1.05 bits per heavy atom. The first kappa shape index (κ1) is 15.2. The molecule has 0 saturated carbocycles. The van der Waals surface area contributed by atoms with E-state index in [1.54, 1.807) is 6.07 Å². The Labute approximate surface area is 126 Å². The highest BCUT2D eigenvalue weighted by Gasteiger charge is 2.11. The molecule has 3 nitrogen and oxygen atoms in total. The summed E-state index contributed by atoms with van der Waals surface area (Å²) in [5, 5.41) is 13.3. The van der Waals surface area contributed by atoms with Crippen molar-refractivity contribution in [2.75, 3.05) is 5.32 Å². The monoisotopic (exact) mass is 285 g/mol. The van der Waals surface area contributed by atoms with Gasteiger partial charge >= 0.3 is 0 Å². The maximum atomic E-state index is 9.91. The standard InChI is InChI=1S/C18H23NO2/c1-12(2)21-15-9-10-17(13(3)11-15)19-14(4)16-7-5-6-8-18(16)20/h5-12,14,19-20H,1-4H3. The van der Waals surface area contributed by atoms with Crippen molar-refractivity contribution in [1.82, 2.24) is 0 Å². The predicted molar refractivity (Wildman–Crippen MR) is 87.1 cm³/mol. The molecule has 2 N–H and O–H groups in total. The maximum absolute atomic E-state index is 9.91. The van der Waals surface area contributed by atoms with Crippen molar-refractivity contribution in [2.24, 2.45) is 0 Å². The smallest absolute Gasteiger partial charge is 0.120 e. The second-order valence-corrected chi connectivity index (χ2v) is 5.57. The summed E-state index contributed by atoms with van der Waals surface area (Å²) < 4.78 is 5.69. The van der Waals surface area contributed by atoms with Gasteiger partial charge in [-0.3, -0.25) is 0 Å². The lowest BCUT2D eigenvalue weighted by molar-refractivity contribution is 0.242. The van der Waals surface area contributed by atoms with Gasteiger partial charge in [-0.25, -0.2) is 0 Å². The van der Waals surface area contributed by atoms with Crippen molar-refractivity contribution < 1.29 is 9.84 Å². The van der Waals surface area contributed by atoms with Gasteiger partial charge in [0.25, 0.3) is 0 Å². The Morgan fingerprint density at radius 2 is 1.76 bits per heavy atom. The SMILES string of the molecule is Cc1cc(OC(C)C)ccc1NC(C)c1ccccc1O. The van der Waals surface area contributed by atoms with E-state index in [4.69, 9.17) is 4.74 Å². The average Bonchev–Trinajstić information content (AvgIpc) is 2.41. The summed E-state index contributed by atoms with van der Waals surface area (Å²) in [5.41, 5.74) is 3.05. The molecule has 0 aliphatic heterocycles. The topological polar surface area (TPSA) is 41.5 Å². The fraction of sp³-hybridized carbons (Fsp3) is 0.333. The van der Waals surface area contributed by atoms with Gasteiger partial charge in [0.1, 0.15) is 11.5 Å². The van der Waals surface area contributed by atoms with Crippen LogP contribution in [-0.4, -0.2) is 11.2 Å². The summed E-state index contributed by atoms with van der Waals surface area (Å²) in [6.45, 7) is 8.11. The molecule has 2 rings (SSSR count).